The zero-order chi connectivity index (χ0) is 18.7. The van der Waals surface area contributed by atoms with Crippen molar-refractivity contribution in [2.45, 2.75) is 18.4 Å². The molecule has 134 valence electrons. The van der Waals surface area contributed by atoms with E-state index >= 15 is 0 Å². The molecule has 0 fully saturated rings. The maximum absolute atomic E-state index is 12.5. The van der Waals surface area contributed by atoms with Gasteiger partial charge in [0.15, 0.2) is 5.78 Å². The highest BCUT2D eigenvalue weighted by Gasteiger charge is 2.15. The van der Waals surface area contributed by atoms with Crippen molar-refractivity contribution >= 4 is 15.8 Å². The van der Waals surface area contributed by atoms with Crippen LogP contribution in [0, 0.1) is 0 Å². The number of benzene rings is 1. The number of hydrogen-bond donors (Lipinski definition) is 1. The molecule has 0 radical (unpaired) electrons. The summed E-state index contributed by atoms with van der Waals surface area (Å²) in [7, 11) is -1.91. The molecule has 0 aliphatic carbocycles. The summed E-state index contributed by atoms with van der Waals surface area (Å²) < 4.78 is 29.2. The quantitative estimate of drug-likeness (QED) is 0.671. The Morgan fingerprint density at radius 1 is 1.19 bits per heavy atom. The molecule has 26 heavy (non-hydrogen) atoms. The maximum atomic E-state index is 12.5. The van der Waals surface area contributed by atoms with Gasteiger partial charge in [-0.05, 0) is 36.8 Å². The summed E-state index contributed by atoms with van der Waals surface area (Å²) in [5.41, 5.74) is 2.80. The Hall–Kier alpha value is -2.84. The molecule has 0 spiro atoms. The molecule has 3 rings (SSSR count). The molecule has 8 heteroatoms. The summed E-state index contributed by atoms with van der Waals surface area (Å²) >= 11 is 0. The van der Waals surface area contributed by atoms with Crippen LogP contribution in [0.4, 0.5) is 0 Å². The van der Waals surface area contributed by atoms with E-state index in [9.17, 15) is 13.2 Å². The number of carbonyl (C=O) groups is 1. The van der Waals surface area contributed by atoms with Gasteiger partial charge in [-0.1, -0.05) is 12.1 Å². The first-order chi connectivity index (χ1) is 12.4. The van der Waals surface area contributed by atoms with Crippen LogP contribution in [0.15, 0.2) is 59.9 Å². The van der Waals surface area contributed by atoms with Crippen LogP contribution in [-0.4, -0.2) is 29.0 Å². The Kier molecular flexibility index (Phi) is 4.97. The molecule has 0 saturated heterocycles. The second-order valence-electron chi connectivity index (χ2n) is 5.83. The number of nitrogens with one attached hydrogen (secondary N) is 1. The topological polar surface area (TPSA) is 93.9 Å². The van der Waals surface area contributed by atoms with Crippen molar-refractivity contribution in [1.82, 2.24) is 19.5 Å². The molecule has 0 bridgehead atoms. The smallest absolute Gasteiger partial charge is 0.240 e. The lowest BCUT2D eigenvalue weighted by atomic mass is 10.1. The Balaban J connectivity index is 1.79. The number of sulfonamides is 1. The van der Waals surface area contributed by atoms with Crippen molar-refractivity contribution in [3.05, 3.63) is 66.1 Å². The van der Waals surface area contributed by atoms with Gasteiger partial charge in [-0.15, -0.1) is 0 Å². The summed E-state index contributed by atoms with van der Waals surface area (Å²) in [5.74, 6) is -0.185. The molecule has 1 N–H and O–H groups in total. The van der Waals surface area contributed by atoms with Crippen LogP contribution >= 0.6 is 0 Å². The van der Waals surface area contributed by atoms with Crippen molar-refractivity contribution < 1.29 is 13.2 Å². The fourth-order valence-corrected chi connectivity index (χ4v) is 3.59. The van der Waals surface area contributed by atoms with E-state index in [2.05, 4.69) is 14.8 Å². The Morgan fingerprint density at radius 2 is 2.00 bits per heavy atom. The molecule has 0 atom stereocenters. The average molecular weight is 370 g/mol. The Morgan fingerprint density at radius 3 is 2.69 bits per heavy atom. The number of Topliss-reactive ketones (excluding diaryl/α,β-unsaturated/α-hetero) is 1. The largest absolute Gasteiger partial charge is 0.295 e. The highest BCUT2D eigenvalue weighted by molar-refractivity contribution is 7.89. The van der Waals surface area contributed by atoms with Crippen LogP contribution in [0.2, 0.25) is 0 Å². The predicted octanol–water partition coefficient (Wildman–Crippen LogP) is 2.16. The minimum Gasteiger partial charge on any atom is -0.295 e. The number of nitrogens with zero attached hydrogens (tertiary/aromatic N) is 3. The van der Waals surface area contributed by atoms with Gasteiger partial charge in [0.05, 0.1) is 10.6 Å². The van der Waals surface area contributed by atoms with Gasteiger partial charge in [-0.3, -0.25) is 14.5 Å². The Bertz CT molecular complexity index is 1060. The lowest BCUT2D eigenvalue weighted by Gasteiger charge is -2.09. The van der Waals surface area contributed by atoms with Gasteiger partial charge < -0.3 is 0 Å². The second-order valence-corrected chi connectivity index (χ2v) is 7.60. The standard InChI is InChI=1S/C18H18N4O3S/c1-13(23)15-4-3-5-17(9-15)26(24,25)21-11-14-8-16(12-19-10-14)18-6-7-20-22(18)2/h3-10,12,21H,11H2,1-2H3. The minimum absolute atomic E-state index is 0.0564. The lowest BCUT2D eigenvalue weighted by molar-refractivity contribution is 0.101. The maximum Gasteiger partial charge on any atom is 0.240 e. The van der Waals surface area contributed by atoms with E-state index in [0.717, 1.165) is 16.8 Å². The van der Waals surface area contributed by atoms with E-state index in [1.165, 1.54) is 19.1 Å². The van der Waals surface area contributed by atoms with Gasteiger partial charge in [-0.25, -0.2) is 13.1 Å². The van der Waals surface area contributed by atoms with E-state index in [4.69, 9.17) is 0 Å². The fraction of sp³-hybridized carbons (Fsp3) is 0.167. The summed E-state index contributed by atoms with van der Waals surface area (Å²) in [5, 5.41) is 4.12. The number of aryl methyl sites for hydroxylation is 1. The van der Waals surface area contributed by atoms with Crippen LogP contribution in [0.5, 0.6) is 0 Å². The molecule has 0 unspecified atom stereocenters. The van der Waals surface area contributed by atoms with E-state index in [1.54, 1.807) is 35.4 Å². The van der Waals surface area contributed by atoms with Crippen LogP contribution in [0.25, 0.3) is 11.3 Å². The summed E-state index contributed by atoms with van der Waals surface area (Å²) in [6, 6.07) is 9.68. The first-order valence-corrected chi connectivity index (χ1v) is 9.38. The van der Waals surface area contributed by atoms with Crippen molar-refractivity contribution in [2.75, 3.05) is 0 Å². The van der Waals surface area contributed by atoms with E-state index in [-0.39, 0.29) is 17.2 Å². The third-order valence-corrected chi connectivity index (χ3v) is 5.33. The number of ketones is 1. The van der Waals surface area contributed by atoms with Gasteiger partial charge in [0.2, 0.25) is 10.0 Å². The second kappa shape index (κ2) is 7.19. The number of hydrogen-bond acceptors (Lipinski definition) is 5. The number of carbonyl (C=O) groups excluding carboxylic acids is 1. The Labute approximate surface area is 151 Å². The molecule has 0 aliphatic heterocycles. The van der Waals surface area contributed by atoms with E-state index < -0.39 is 10.0 Å². The molecule has 1 aromatic carbocycles. The molecule has 0 aliphatic rings. The van der Waals surface area contributed by atoms with E-state index in [1.807, 2.05) is 19.2 Å². The van der Waals surface area contributed by atoms with Crippen molar-refractivity contribution in [3.63, 3.8) is 0 Å². The van der Waals surface area contributed by atoms with Gasteiger partial charge in [0.1, 0.15) is 0 Å². The van der Waals surface area contributed by atoms with Crippen LogP contribution < -0.4 is 4.72 Å². The SMILES string of the molecule is CC(=O)c1cccc(S(=O)(=O)NCc2cncc(-c3ccnn3C)c2)c1. The summed E-state index contributed by atoms with van der Waals surface area (Å²) in [6.07, 6.45) is 4.99. The molecule has 0 saturated carbocycles. The van der Waals surface area contributed by atoms with Gasteiger partial charge in [0.25, 0.3) is 0 Å². The third-order valence-electron chi connectivity index (χ3n) is 3.93. The molecule has 0 amide bonds. The van der Waals surface area contributed by atoms with Crippen LogP contribution in [0.1, 0.15) is 22.8 Å². The number of rotatable bonds is 6. The van der Waals surface area contributed by atoms with Gasteiger partial charge in [0, 0.05) is 43.3 Å². The average Bonchev–Trinajstić information content (AvgIpc) is 3.06. The number of pyridine rings is 1. The highest BCUT2D eigenvalue weighted by Crippen LogP contribution is 2.18. The van der Waals surface area contributed by atoms with Crippen molar-refractivity contribution in [2.24, 2.45) is 7.05 Å². The third kappa shape index (κ3) is 3.87. The van der Waals surface area contributed by atoms with Crippen LogP contribution in [-0.2, 0) is 23.6 Å². The normalized spacial score (nSPS) is 11.5. The van der Waals surface area contributed by atoms with Crippen LogP contribution in [0.3, 0.4) is 0 Å². The lowest BCUT2D eigenvalue weighted by Crippen LogP contribution is -2.23. The molecule has 7 nitrogen and oxygen atoms in total. The molecule has 2 heterocycles. The van der Waals surface area contributed by atoms with Crippen molar-refractivity contribution in [1.29, 1.82) is 0 Å². The zero-order valence-corrected chi connectivity index (χ0v) is 15.2. The minimum atomic E-state index is -3.74. The molecule has 2 aromatic heterocycles. The zero-order valence-electron chi connectivity index (χ0n) is 14.4. The molecule has 3 aromatic rings. The summed E-state index contributed by atoms with van der Waals surface area (Å²) in [6.45, 7) is 1.49. The van der Waals surface area contributed by atoms with E-state index in [0.29, 0.717) is 5.56 Å². The highest BCUT2D eigenvalue weighted by atomic mass is 32.2. The fourth-order valence-electron chi connectivity index (χ4n) is 2.53. The predicted molar refractivity (Wildman–Crippen MR) is 96.9 cm³/mol. The van der Waals surface area contributed by atoms with Crippen molar-refractivity contribution in [3.8, 4) is 11.3 Å². The van der Waals surface area contributed by atoms with Gasteiger partial charge >= 0.3 is 0 Å². The first-order valence-electron chi connectivity index (χ1n) is 7.90. The molecular formula is C18H18N4O3S. The van der Waals surface area contributed by atoms with Gasteiger partial charge in [-0.2, -0.15) is 5.10 Å². The number of aromatic nitrogens is 3. The molecular weight excluding hydrogens is 352 g/mol. The first kappa shape index (κ1) is 18.0. The summed E-state index contributed by atoms with van der Waals surface area (Å²) in [4.78, 5) is 15.7. The monoisotopic (exact) mass is 370 g/mol.